The average molecular weight is 250 g/mol. The highest BCUT2D eigenvalue weighted by Crippen LogP contribution is 2.35. The molecule has 0 atom stereocenters. The van der Waals surface area contributed by atoms with Crippen LogP contribution < -0.4 is 5.32 Å². The first-order chi connectivity index (χ1) is 7.74. The van der Waals surface area contributed by atoms with Crippen LogP contribution in [0.15, 0.2) is 6.07 Å². The van der Waals surface area contributed by atoms with Gasteiger partial charge in [-0.3, -0.25) is 0 Å². The zero-order valence-corrected chi connectivity index (χ0v) is 11.1. The molecule has 0 amide bonds. The number of thiazole rings is 1. The van der Waals surface area contributed by atoms with Gasteiger partial charge < -0.3 is 5.32 Å². The Hall–Kier alpha value is -0.710. The molecule has 3 rings (SSSR count). The van der Waals surface area contributed by atoms with Crippen LogP contribution in [0.5, 0.6) is 0 Å². The van der Waals surface area contributed by atoms with Gasteiger partial charge in [-0.1, -0.05) is 0 Å². The summed E-state index contributed by atoms with van der Waals surface area (Å²) in [4.78, 5) is 8.96. The second-order valence-electron chi connectivity index (χ2n) is 4.14. The average Bonchev–Trinajstić information content (AvgIpc) is 2.81. The molecule has 0 aliphatic carbocycles. The third kappa shape index (κ3) is 1.71. The minimum absolute atomic E-state index is 0.995. The third-order valence-electron chi connectivity index (χ3n) is 2.87. The maximum absolute atomic E-state index is 4.78. The van der Waals surface area contributed by atoms with Gasteiger partial charge >= 0.3 is 0 Å². The molecule has 2 aromatic rings. The van der Waals surface area contributed by atoms with Crippen LogP contribution in [0.3, 0.4) is 0 Å². The maximum atomic E-state index is 4.78. The van der Waals surface area contributed by atoms with E-state index in [2.05, 4.69) is 25.2 Å². The molecule has 0 saturated carbocycles. The standard InChI is InChI=1S/C12H14N2S2/c1-7-5-9(8(2)15-7)12-14-10-3-4-13-6-11(10)16-12/h5,13H,3-4,6H2,1-2H3. The quantitative estimate of drug-likeness (QED) is 0.841. The largest absolute Gasteiger partial charge is 0.311 e. The molecular formula is C12H14N2S2. The van der Waals surface area contributed by atoms with Crippen molar-refractivity contribution in [1.29, 1.82) is 0 Å². The Kier molecular flexibility index (Phi) is 2.58. The van der Waals surface area contributed by atoms with Crippen LogP contribution in [0, 0.1) is 13.8 Å². The number of nitrogens with one attached hydrogen (secondary N) is 1. The molecule has 2 nitrogen and oxygen atoms in total. The summed E-state index contributed by atoms with van der Waals surface area (Å²) in [7, 11) is 0. The number of nitrogens with zero attached hydrogens (tertiary/aromatic N) is 1. The first kappa shape index (κ1) is 10.4. The molecule has 1 aliphatic rings. The highest BCUT2D eigenvalue weighted by molar-refractivity contribution is 7.16. The summed E-state index contributed by atoms with van der Waals surface area (Å²) in [5.41, 5.74) is 2.64. The van der Waals surface area contributed by atoms with Gasteiger partial charge in [0.05, 0.1) is 5.69 Å². The van der Waals surface area contributed by atoms with Gasteiger partial charge in [0.1, 0.15) is 5.01 Å². The lowest BCUT2D eigenvalue weighted by atomic mass is 10.2. The predicted molar refractivity (Wildman–Crippen MR) is 70.3 cm³/mol. The molecule has 3 heterocycles. The molecule has 1 aliphatic heterocycles. The summed E-state index contributed by atoms with van der Waals surface area (Å²) in [5.74, 6) is 0. The Morgan fingerprint density at radius 2 is 2.19 bits per heavy atom. The molecule has 0 bridgehead atoms. The first-order valence-corrected chi connectivity index (χ1v) is 7.14. The number of aromatic nitrogens is 1. The van der Waals surface area contributed by atoms with Gasteiger partial charge in [-0.2, -0.15) is 0 Å². The fourth-order valence-electron chi connectivity index (χ4n) is 2.08. The highest BCUT2D eigenvalue weighted by atomic mass is 32.1. The van der Waals surface area contributed by atoms with E-state index in [-0.39, 0.29) is 0 Å². The highest BCUT2D eigenvalue weighted by Gasteiger charge is 2.17. The van der Waals surface area contributed by atoms with Crippen molar-refractivity contribution in [3.05, 3.63) is 26.4 Å². The van der Waals surface area contributed by atoms with E-state index >= 15 is 0 Å². The molecule has 16 heavy (non-hydrogen) atoms. The van der Waals surface area contributed by atoms with Crippen molar-refractivity contribution in [2.45, 2.75) is 26.8 Å². The second-order valence-corrected chi connectivity index (χ2v) is 6.69. The van der Waals surface area contributed by atoms with E-state index < -0.39 is 0 Å². The predicted octanol–water partition coefficient (Wildman–Crippen LogP) is 3.13. The molecule has 0 fully saturated rings. The van der Waals surface area contributed by atoms with E-state index in [0.717, 1.165) is 19.5 Å². The van der Waals surface area contributed by atoms with E-state index in [1.54, 1.807) is 0 Å². The van der Waals surface area contributed by atoms with Gasteiger partial charge in [0.2, 0.25) is 0 Å². The molecule has 1 N–H and O–H groups in total. The number of aryl methyl sites for hydroxylation is 2. The molecule has 4 heteroatoms. The Bertz CT molecular complexity index is 502. The molecule has 2 aromatic heterocycles. The van der Waals surface area contributed by atoms with Crippen LogP contribution in [0.2, 0.25) is 0 Å². The third-order valence-corrected chi connectivity index (χ3v) is 4.97. The maximum Gasteiger partial charge on any atom is 0.125 e. The summed E-state index contributed by atoms with van der Waals surface area (Å²) in [6.45, 7) is 6.41. The topological polar surface area (TPSA) is 24.9 Å². The van der Waals surface area contributed by atoms with E-state index in [1.165, 1.54) is 30.9 Å². The molecular weight excluding hydrogens is 236 g/mol. The lowest BCUT2D eigenvalue weighted by Gasteiger charge is -2.09. The van der Waals surface area contributed by atoms with E-state index in [1.807, 2.05) is 22.7 Å². The van der Waals surface area contributed by atoms with Gasteiger partial charge in [0, 0.05) is 39.7 Å². The minimum Gasteiger partial charge on any atom is -0.311 e. The lowest BCUT2D eigenvalue weighted by Crippen LogP contribution is -2.22. The number of hydrogen-bond acceptors (Lipinski definition) is 4. The Labute approximate surface area is 103 Å². The van der Waals surface area contributed by atoms with E-state index in [4.69, 9.17) is 4.98 Å². The van der Waals surface area contributed by atoms with Gasteiger partial charge in [-0.15, -0.1) is 22.7 Å². The van der Waals surface area contributed by atoms with Crippen molar-refractivity contribution in [3.63, 3.8) is 0 Å². The number of thiophene rings is 1. The summed E-state index contributed by atoms with van der Waals surface area (Å²) < 4.78 is 0. The van der Waals surface area contributed by atoms with Gasteiger partial charge in [-0.05, 0) is 19.9 Å². The lowest BCUT2D eigenvalue weighted by molar-refractivity contribution is 0.644. The SMILES string of the molecule is Cc1cc(-c2nc3c(s2)CNCC3)c(C)s1. The van der Waals surface area contributed by atoms with Gasteiger partial charge in [-0.25, -0.2) is 4.98 Å². The zero-order valence-electron chi connectivity index (χ0n) is 9.46. The van der Waals surface area contributed by atoms with Crippen LogP contribution in [-0.4, -0.2) is 11.5 Å². The van der Waals surface area contributed by atoms with E-state index in [9.17, 15) is 0 Å². The Morgan fingerprint density at radius 3 is 2.88 bits per heavy atom. The van der Waals surface area contributed by atoms with Gasteiger partial charge in [0.25, 0.3) is 0 Å². The van der Waals surface area contributed by atoms with Crippen LogP contribution >= 0.6 is 22.7 Å². The van der Waals surface area contributed by atoms with Gasteiger partial charge in [0.15, 0.2) is 0 Å². The molecule has 0 spiro atoms. The number of rotatable bonds is 1. The van der Waals surface area contributed by atoms with Crippen molar-refractivity contribution in [3.8, 4) is 10.6 Å². The first-order valence-electron chi connectivity index (χ1n) is 5.51. The van der Waals surface area contributed by atoms with Crippen LogP contribution in [0.4, 0.5) is 0 Å². The fraction of sp³-hybridized carbons (Fsp3) is 0.417. The summed E-state index contributed by atoms with van der Waals surface area (Å²) in [6, 6.07) is 2.26. The van der Waals surface area contributed by atoms with Crippen LogP contribution in [0.25, 0.3) is 10.6 Å². The molecule has 84 valence electrons. The summed E-state index contributed by atoms with van der Waals surface area (Å²) in [5, 5.41) is 4.60. The van der Waals surface area contributed by atoms with Crippen LogP contribution in [-0.2, 0) is 13.0 Å². The molecule has 0 aromatic carbocycles. The van der Waals surface area contributed by atoms with Crippen molar-refractivity contribution in [2.75, 3.05) is 6.54 Å². The molecule has 0 unspecified atom stereocenters. The zero-order chi connectivity index (χ0) is 11.1. The molecule has 0 saturated heterocycles. The summed E-state index contributed by atoms with van der Waals surface area (Å²) in [6.07, 6.45) is 1.08. The second kappa shape index (κ2) is 3.95. The van der Waals surface area contributed by atoms with Crippen molar-refractivity contribution in [2.24, 2.45) is 0 Å². The fourth-order valence-corrected chi connectivity index (χ4v) is 4.22. The molecule has 0 radical (unpaired) electrons. The van der Waals surface area contributed by atoms with Crippen molar-refractivity contribution in [1.82, 2.24) is 10.3 Å². The number of fused-ring (bicyclic) bond motifs is 1. The monoisotopic (exact) mass is 250 g/mol. The number of hydrogen-bond donors (Lipinski definition) is 1. The van der Waals surface area contributed by atoms with Crippen LogP contribution in [0.1, 0.15) is 20.3 Å². The Balaban J connectivity index is 2.06. The van der Waals surface area contributed by atoms with E-state index in [0.29, 0.717) is 0 Å². The van der Waals surface area contributed by atoms with Crippen molar-refractivity contribution < 1.29 is 0 Å². The van der Waals surface area contributed by atoms with Crippen molar-refractivity contribution >= 4 is 22.7 Å². The Morgan fingerprint density at radius 1 is 1.31 bits per heavy atom. The normalized spacial score (nSPS) is 15.1. The minimum atomic E-state index is 0.995. The smallest absolute Gasteiger partial charge is 0.125 e. The summed E-state index contributed by atoms with van der Waals surface area (Å²) >= 11 is 3.71.